The Bertz CT molecular complexity index is 1150. The van der Waals surface area contributed by atoms with Crippen molar-refractivity contribution in [1.82, 2.24) is 14.9 Å². The number of hydrogen-bond donors (Lipinski definition) is 2. The smallest absolute Gasteiger partial charge is 0.272 e. The number of thioether (sulfide) groups is 1. The number of amides is 1. The first kappa shape index (κ1) is 27.3. The van der Waals surface area contributed by atoms with Crippen LogP contribution in [0.2, 0.25) is 0 Å². The van der Waals surface area contributed by atoms with Crippen LogP contribution in [0.5, 0.6) is 0 Å². The lowest BCUT2D eigenvalue weighted by Crippen LogP contribution is -2.34. The summed E-state index contributed by atoms with van der Waals surface area (Å²) in [6, 6.07) is 15.3. The summed E-state index contributed by atoms with van der Waals surface area (Å²) in [5, 5.41) is 12.9. The summed E-state index contributed by atoms with van der Waals surface area (Å²) in [5.41, 5.74) is 3.57. The van der Waals surface area contributed by atoms with Crippen molar-refractivity contribution in [3.05, 3.63) is 83.2 Å². The van der Waals surface area contributed by atoms with E-state index in [1.807, 2.05) is 66.3 Å². The number of ether oxygens (including phenoxy) is 2. The van der Waals surface area contributed by atoms with Crippen molar-refractivity contribution in [1.29, 1.82) is 0 Å². The molecule has 1 aliphatic heterocycles. The zero-order chi connectivity index (χ0) is 25.7. The molecule has 0 saturated carbocycles. The monoisotopic (exact) mass is 569 g/mol. The zero-order valence-corrected chi connectivity index (χ0v) is 22.5. The van der Waals surface area contributed by atoms with Crippen molar-refractivity contribution in [2.45, 2.75) is 47.0 Å². The number of halogens is 3. The summed E-state index contributed by atoms with van der Waals surface area (Å²) in [4.78, 5) is 16.2. The van der Waals surface area contributed by atoms with Crippen molar-refractivity contribution in [2.24, 2.45) is 7.05 Å². The summed E-state index contributed by atoms with van der Waals surface area (Å²) in [6.07, 6.45) is 3.56. The predicted octanol–water partition coefficient (Wildman–Crippen LogP) is 5.24. The van der Waals surface area contributed by atoms with Crippen molar-refractivity contribution in [3.63, 3.8) is 0 Å². The Balaban J connectivity index is 1.47. The SMILES string of the molecule is Cn1ccnc1SC[C@H]1C[C@@H](c2ccc(CO)cc2)O[C@@H](c2ccc(CNC(=O)C(Cl)(Cl)Cl)cc2)O1. The molecule has 1 aliphatic rings. The minimum atomic E-state index is -2.00. The Morgan fingerprint density at radius 3 is 2.39 bits per heavy atom. The van der Waals surface area contributed by atoms with Crippen LogP contribution < -0.4 is 5.32 Å². The maximum absolute atomic E-state index is 11.8. The second-order valence-electron chi connectivity index (χ2n) is 8.40. The molecule has 3 atom stereocenters. The van der Waals surface area contributed by atoms with E-state index in [4.69, 9.17) is 44.3 Å². The molecule has 0 radical (unpaired) electrons. The van der Waals surface area contributed by atoms with E-state index >= 15 is 0 Å². The van der Waals surface area contributed by atoms with E-state index in [9.17, 15) is 9.90 Å². The fourth-order valence-corrected chi connectivity index (χ4v) is 4.91. The van der Waals surface area contributed by atoms with Gasteiger partial charge in [-0.15, -0.1) is 0 Å². The van der Waals surface area contributed by atoms with Gasteiger partial charge in [0.15, 0.2) is 11.4 Å². The molecular formula is C25H26Cl3N3O4S. The number of alkyl halides is 3. The van der Waals surface area contributed by atoms with Crippen LogP contribution in [0.15, 0.2) is 66.1 Å². The van der Waals surface area contributed by atoms with Gasteiger partial charge in [-0.3, -0.25) is 4.79 Å². The van der Waals surface area contributed by atoms with Gasteiger partial charge in [0.1, 0.15) is 0 Å². The molecule has 1 amide bonds. The molecule has 1 fully saturated rings. The van der Waals surface area contributed by atoms with Gasteiger partial charge in [-0.05, 0) is 16.7 Å². The number of benzene rings is 2. The van der Waals surface area contributed by atoms with Crippen LogP contribution in [0, 0.1) is 0 Å². The molecule has 4 rings (SSSR count). The van der Waals surface area contributed by atoms with E-state index in [-0.39, 0.29) is 25.4 Å². The highest BCUT2D eigenvalue weighted by Gasteiger charge is 2.33. The van der Waals surface area contributed by atoms with Crippen LogP contribution >= 0.6 is 46.6 Å². The van der Waals surface area contributed by atoms with E-state index in [0.717, 1.165) is 33.2 Å². The first-order valence-electron chi connectivity index (χ1n) is 11.3. The highest BCUT2D eigenvalue weighted by atomic mass is 35.6. The maximum atomic E-state index is 11.8. The quantitative estimate of drug-likeness (QED) is 0.285. The van der Waals surface area contributed by atoms with Crippen LogP contribution in [-0.2, 0) is 34.5 Å². The van der Waals surface area contributed by atoms with Crippen molar-refractivity contribution >= 4 is 52.5 Å². The molecule has 2 N–H and O–H groups in total. The largest absolute Gasteiger partial charge is 0.392 e. The van der Waals surface area contributed by atoms with Crippen molar-refractivity contribution in [2.75, 3.05) is 5.75 Å². The first-order chi connectivity index (χ1) is 17.2. The van der Waals surface area contributed by atoms with Gasteiger partial charge in [0.2, 0.25) is 0 Å². The number of aromatic nitrogens is 2. The third-order valence-electron chi connectivity index (χ3n) is 5.75. The minimum absolute atomic E-state index is 0.00502. The molecule has 2 heterocycles. The number of rotatable bonds is 8. The molecule has 36 heavy (non-hydrogen) atoms. The third-order valence-corrected chi connectivity index (χ3v) is 7.46. The normalized spacial score (nSPS) is 20.3. The molecule has 0 aliphatic carbocycles. The van der Waals surface area contributed by atoms with Crippen molar-refractivity contribution in [3.8, 4) is 0 Å². The molecule has 0 unspecified atom stereocenters. The molecule has 1 aromatic heterocycles. The summed E-state index contributed by atoms with van der Waals surface area (Å²) in [7, 11) is 1.96. The lowest BCUT2D eigenvalue weighted by Gasteiger charge is -2.36. The third kappa shape index (κ3) is 7.16. The van der Waals surface area contributed by atoms with Gasteiger partial charge in [-0.25, -0.2) is 4.98 Å². The number of imidazole rings is 1. The molecule has 1 saturated heterocycles. The van der Waals surface area contributed by atoms with Gasteiger partial charge in [0.05, 0.1) is 18.8 Å². The Hall–Kier alpha value is -1.78. The van der Waals surface area contributed by atoms with Crippen LogP contribution in [0.1, 0.15) is 41.1 Å². The van der Waals surface area contributed by atoms with E-state index in [1.165, 1.54) is 0 Å². The summed E-state index contributed by atoms with van der Waals surface area (Å²) in [5.74, 6) is 0.0375. The van der Waals surface area contributed by atoms with E-state index in [1.54, 1.807) is 18.0 Å². The van der Waals surface area contributed by atoms with Gasteiger partial charge in [-0.2, -0.15) is 0 Å². The molecule has 2 aromatic carbocycles. The topological polar surface area (TPSA) is 85.6 Å². The van der Waals surface area contributed by atoms with E-state index < -0.39 is 16.0 Å². The number of nitrogens with one attached hydrogen (secondary N) is 1. The van der Waals surface area contributed by atoms with Gasteiger partial charge in [0, 0.05) is 43.7 Å². The highest BCUT2D eigenvalue weighted by molar-refractivity contribution is 7.99. The second-order valence-corrected chi connectivity index (χ2v) is 11.7. The second kappa shape index (κ2) is 12.2. The molecule has 0 bridgehead atoms. The number of aliphatic hydroxyl groups excluding tert-OH is 1. The average Bonchev–Trinajstić information content (AvgIpc) is 3.30. The Morgan fingerprint density at radius 2 is 1.78 bits per heavy atom. The maximum Gasteiger partial charge on any atom is 0.272 e. The Morgan fingerprint density at radius 1 is 1.11 bits per heavy atom. The van der Waals surface area contributed by atoms with Crippen LogP contribution in [0.3, 0.4) is 0 Å². The number of aliphatic hydroxyl groups is 1. The highest BCUT2D eigenvalue weighted by Crippen LogP contribution is 2.39. The Labute approximate surface area is 229 Å². The van der Waals surface area contributed by atoms with Gasteiger partial charge in [0.25, 0.3) is 9.70 Å². The number of aryl methyl sites for hydroxylation is 1. The number of hydrogen-bond acceptors (Lipinski definition) is 6. The first-order valence-corrected chi connectivity index (χ1v) is 13.4. The van der Waals surface area contributed by atoms with Crippen LogP contribution in [-0.4, -0.2) is 36.2 Å². The fourth-order valence-electron chi connectivity index (χ4n) is 3.76. The Kier molecular flexibility index (Phi) is 9.22. The van der Waals surface area contributed by atoms with Crippen LogP contribution in [0.25, 0.3) is 0 Å². The molecular weight excluding hydrogens is 545 g/mol. The number of nitrogens with zero attached hydrogens (tertiary/aromatic N) is 2. The van der Waals surface area contributed by atoms with Gasteiger partial charge < -0.3 is 24.5 Å². The lowest BCUT2D eigenvalue weighted by atomic mass is 10.0. The molecule has 3 aromatic rings. The molecule has 11 heteroatoms. The number of carbonyl (C=O) groups is 1. The van der Waals surface area contributed by atoms with Gasteiger partial charge in [-0.1, -0.05) is 95.1 Å². The summed E-state index contributed by atoms with van der Waals surface area (Å²) >= 11 is 18.5. The van der Waals surface area contributed by atoms with E-state index in [2.05, 4.69) is 10.3 Å². The fraction of sp³-hybridized carbons (Fsp3) is 0.360. The lowest BCUT2D eigenvalue weighted by molar-refractivity contribution is -0.245. The molecule has 0 spiro atoms. The molecule has 7 nitrogen and oxygen atoms in total. The van der Waals surface area contributed by atoms with Gasteiger partial charge >= 0.3 is 0 Å². The predicted molar refractivity (Wildman–Crippen MR) is 141 cm³/mol. The number of carbonyl (C=O) groups excluding carboxylic acids is 1. The summed E-state index contributed by atoms with van der Waals surface area (Å²) in [6.45, 7) is 0.219. The summed E-state index contributed by atoms with van der Waals surface area (Å²) < 4.78 is 12.7. The van der Waals surface area contributed by atoms with Crippen LogP contribution in [0.4, 0.5) is 0 Å². The molecule has 192 valence electrons. The zero-order valence-electron chi connectivity index (χ0n) is 19.4. The average molecular weight is 571 g/mol. The van der Waals surface area contributed by atoms with E-state index in [0.29, 0.717) is 6.42 Å². The van der Waals surface area contributed by atoms with Crippen molar-refractivity contribution < 1.29 is 19.4 Å². The minimum Gasteiger partial charge on any atom is -0.392 e. The standard InChI is InChI=1S/C25H26Cl3N3O4S/c1-31-11-10-29-24(31)36-15-20-12-21(18-6-4-17(14-32)5-7-18)35-22(34-20)19-8-2-16(3-9-19)13-30-23(33)25(26,27)28/h2-11,20-22,32H,12-15H2,1H3,(H,30,33)/t20-,21+,22+/m1/s1.